The molecule has 1 aromatic carbocycles. The van der Waals surface area contributed by atoms with Crippen molar-refractivity contribution in [1.82, 2.24) is 5.32 Å². The third-order valence-corrected chi connectivity index (χ3v) is 4.19. The van der Waals surface area contributed by atoms with Gasteiger partial charge < -0.3 is 15.5 Å². The van der Waals surface area contributed by atoms with Crippen LogP contribution in [0.1, 0.15) is 48.9 Å². The Morgan fingerprint density at radius 2 is 1.71 bits per heavy atom. The summed E-state index contributed by atoms with van der Waals surface area (Å²) in [7, 11) is 0. The van der Waals surface area contributed by atoms with Crippen molar-refractivity contribution < 1.29 is 19.8 Å². The Morgan fingerprint density at radius 1 is 1.10 bits per heavy atom. The van der Waals surface area contributed by atoms with Gasteiger partial charge in [-0.2, -0.15) is 0 Å². The zero-order valence-electron chi connectivity index (χ0n) is 12.0. The predicted molar refractivity (Wildman–Crippen MR) is 78.2 cm³/mol. The number of aromatic hydroxyl groups is 1. The highest BCUT2D eigenvalue weighted by molar-refractivity contribution is 5.94. The number of carboxylic acid groups (broad SMARTS) is 1. The third-order valence-electron chi connectivity index (χ3n) is 4.19. The number of hydrogen-bond acceptors (Lipinski definition) is 3. The molecule has 114 valence electrons. The van der Waals surface area contributed by atoms with Gasteiger partial charge in [-0.3, -0.25) is 9.59 Å². The lowest BCUT2D eigenvalue weighted by molar-refractivity contribution is -0.140. The molecule has 0 unspecified atom stereocenters. The summed E-state index contributed by atoms with van der Waals surface area (Å²) in [4.78, 5) is 23.2. The number of aliphatic carboxylic acids is 1. The van der Waals surface area contributed by atoms with Crippen LogP contribution >= 0.6 is 0 Å². The largest absolute Gasteiger partial charge is 0.508 e. The van der Waals surface area contributed by atoms with E-state index in [1.165, 1.54) is 12.1 Å². The molecular weight excluding hydrogens is 270 g/mol. The lowest BCUT2D eigenvalue weighted by Crippen LogP contribution is -2.40. The van der Waals surface area contributed by atoms with E-state index < -0.39 is 5.97 Å². The van der Waals surface area contributed by atoms with Crippen LogP contribution in [-0.4, -0.2) is 28.6 Å². The van der Waals surface area contributed by atoms with Gasteiger partial charge in [0.25, 0.3) is 5.91 Å². The Labute approximate surface area is 124 Å². The van der Waals surface area contributed by atoms with Crippen molar-refractivity contribution >= 4 is 11.9 Å². The van der Waals surface area contributed by atoms with Gasteiger partial charge in [-0.1, -0.05) is 19.3 Å². The second kappa shape index (κ2) is 6.61. The summed E-state index contributed by atoms with van der Waals surface area (Å²) in [6, 6.07) is 6.02. The Balaban J connectivity index is 1.99. The first-order chi connectivity index (χ1) is 10.0. The zero-order chi connectivity index (χ0) is 15.3. The van der Waals surface area contributed by atoms with E-state index in [1.807, 2.05) is 0 Å². The highest BCUT2D eigenvalue weighted by atomic mass is 16.4. The summed E-state index contributed by atoms with van der Waals surface area (Å²) >= 11 is 0. The average molecular weight is 291 g/mol. The van der Waals surface area contributed by atoms with Crippen LogP contribution in [0, 0.1) is 5.41 Å². The highest BCUT2D eigenvalue weighted by Gasteiger charge is 2.34. The van der Waals surface area contributed by atoms with E-state index in [0.717, 1.165) is 32.1 Å². The first-order valence-electron chi connectivity index (χ1n) is 7.30. The van der Waals surface area contributed by atoms with Crippen LogP contribution < -0.4 is 5.32 Å². The molecule has 0 saturated heterocycles. The van der Waals surface area contributed by atoms with Crippen molar-refractivity contribution in [2.75, 3.05) is 6.54 Å². The Kier molecular flexibility index (Phi) is 4.83. The SMILES string of the molecule is O=C(O)CC1(CNC(=O)c2ccc(O)cc2)CCCCC1. The lowest BCUT2D eigenvalue weighted by atomic mass is 9.71. The van der Waals surface area contributed by atoms with Crippen molar-refractivity contribution in [1.29, 1.82) is 0 Å². The molecule has 0 aliphatic heterocycles. The summed E-state index contributed by atoms with van der Waals surface area (Å²) in [5.74, 6) is -0.928. The van der Waals surface area contributed by atoms with Gasteiger partial charge in [0.2, 0.25) is 0 Å². The number of benzene rings is 1. The molecule has 0 atom stereocenters. The molecule has 0 aromatic heterocycles. The fourth-order valence-electron chi connectivity index (χ4n) is 3.02. The van der Waals surface area contributed by atoms with Gasteiger partial charge in [0.05, 0.1) is 6.42 Å². The monoisotopic (exact) mass is 291 g/mol. The van der Waals surface area contributed by atoms with E-state index in [0.29, 0.717) is 12.1 Å². The summed E-state index contributed by atoms with van der Waals surface area (Å²) in [5.41, 5.74) is 0.144. The Morgan fingerprint density at radius 3 is 2.29 bits per heavy atom. The number of amides is 1. The summed E-state index contributed by atoms with van der Waals surface area (Å²) in [6.07, 6.45) is 4.95. The van der Waals surface area contributed by atoms with Gasteiger partial charge in [0.15, 0.2) is 0 Å². The van der Waals surface area contributed by atoms with Gasteiger partial charge in [0, 0.05) is 12.1 Å². The number of nitrogens with one attached hydrogen (secondary N) is 1. The summed E-state index contributed by atoms with van der Waals surface area (Å²) in [6.45, 7) is 0.388. The van der Waals surface area contributed by atoms with Crippen LogP contribution in [0.4, 0.5) is 0 Å². The number of carbonyl (C=O) groups is 2. The summed E-state index contributed by atoms with van der Waals surface area (Å²) in [5, 5.41) is 21.2. The lowest BCUT2D eigenvalue weighted by Gasteiger charge is -2.36. The molecule has 1 amide bonds. The summed E-state index contributed by atoms with van der Waals surface area (Å²) < 4.78 is 0. The molecule has 3 N–H and O–H groups in total. The van der Waals surface area contributed by atoms with Gasteiger partial charge in [-0.05, 0) is 42.5 Å². The fraction of sp³-hybridized carbons (Fsp3) is 0.500. The van der Waals surface area contributed by atoms with Crippen molar-refractivity contribution in [2.24, 2.45) is 5.41 Å². The van der Waals surface area contributed by atoms with E-state index in [-0.39, 0.29) is 23.5 Å². The van der Waals surface area contributed by atoms with Crippen LogP contribution in [0.25, 0.3) is 0 Å². The molecule has 1 aliphatic carbocycles. The quantitative estimate of drug-likeness (QED) is 0.778. The maximum Gasteiger partial charge on any atom is 0.303 e. The first-order valence-corrected chi connectivity index (χ1v) is 7.30. The standard InChI is InChI=1S/C16H21NO4/c18-13-6-4-12(5-7-13)15(21)17-11-16(10-14(19)20)8-2-1-3-9-16/h4-7,18H,1-3,8-11H2,(H,17,21)(H,19,20). The van der Waals surface area contributed by atoms with Gasteiger partial charge in [0.1, 0.15) is 5.75 Å². The maximum absolute atomic E-state index is 12.1. The van der Waals surface area contributed by atoms with Crippen LogP contribution in [0.5, 0.6) is 5.75 Å². The molecule has 21 heavy (non-hydrogen) atoms. The fourth-order valence-corrected chi connectivity index (χ4v) is 3.02. The molecule has 1 fully saturated rings. The number of phenolic OH excluding ortho intramolecular Hbond substituents is 1. The van der Waals surface area contributed by atoms with Crippen molar-refractivity contribution in [3.63, 3.8) is 0 Å². The topological polar surface area (TPSA) is 86.6 Å². The zero-order valence-corrected chi connectivity index (χ0v) is 12.0. The van der Waals surface area contributed by atoms with Gasteiger partial charge >= 0.3 is 5.97 Å². The van der Waals surface area contributed by atoms with Crippen LogP contribution in [0.2, 0.25) is 0 Å². The van der Waals surface area contributed by atoms with E-state index in [9.17, 15) is 14.7 Å². The number of rotatable bonds is 5. The molecule has 1 aliphatic rings. The average Bonchev–Trinajstić information content (AvgIpc) is 2.46. The molecule has 1 aromatic rings. The number of hydrogen-bond donors (Lipinski definition) is 3. The number of phenols is 1. The Bertz CT molecular complexity index is 504. The third kappa shape index (κ3) is 4.21. The van der Waals surface area contributed by atoms with Gasteiger partial charge in [-0.15, -0.1) is 0 Å². The van der Waals surface area contributed by atoms with Gasteiger partial charge in [-0.25, -0.2) is 0 Å². The smallest absolute Gasteiger partial charge is 0.303 e. The second-order valence-corrected chi connectivity index (χ2v) is 5.86. The maximum atomic E-state index is 12.1. The van der Waals surface area contributed by atoms with Crippen molar-refractivity contribution in [3.05, 3.63) is 29.8 Å². The first kappa shape index (κ1) is 15.4. The highest BCUT2D eigenvalue weighted by Crippen LogP contribution is 2.38. The predicted octanol–water partition coefficient (Wildman–Crippen LogP) is 2.55. The Hall–Kier alpha value is -2.04. The normalized spacial score (nSPS) is 17.1. The second-order valence-electron chi connectivity index (χ2n) is 5.86. The van der Waals surface area contributed by atoms with Crippen LogP contribution in [0.3, 0.4) is 0 Å². The molecular formula is C16H21NO4. The minimum absolute atomic E-state index is 0.100. The molecule has 0 spiro atoms. The molecule has 5 heteroatoms. The number of carbonyl (C=O) groups excluding carboxylic acids is 1. The van der Waals surface area contributed by atoms with Crippen molar-refractivity contribution in [3.8, 4) is 5.75 Å². The van der Waals surface area contributed by atoms with Crippen LogP contribution in [0.15, 0.2) is 24.3 Å². The van der Waals surface area contributed by atoms with E-state index in [4.69, 9.17) is 5.11 Å². The molecule has 5 nitrogen and oxygen atoms in total. The molecule has 1 saturated carbocycles. The molecule has 2 rings (SSSR count). The molecule has 0 radical (unpaired) electrons. The number of carboxylic acids is 1. The minimum atomic E-state index is -0.809. The van der Waals surface area contributed by atoms with E-state index in [1.54, 1.807) is 12.1 Å². The molecule has 0 bridgehead atoms. The van der Waals surface area contributed by atoms with E-state index >= 15 is 0 Å². The minimum Gasteiger partial charge on any atom is -0.508 e. The van der Waals surface area contributed by atoms with Crippen LogP contribution in [-0.2, 0) is 4.79 Å². The van der Waals surface area contributed by atoms with E-state index in [2.05, 4.69) is 5.32 Å². The van der Waals surface area contributed by atoms with Crippen molar-refractivity contribution in [2.45, 2.75) is 38.5 Å². The molecule has 0 heterocycles.